The van der Waals surface area contributed by atoms with E-state index in [1.807, 2.05) is 14.0 Å². The highest BCUT2D eigenvalue weighted by molar-refractivity contribution is 5.37. The maximum Gasteiger partial charge on any atom is 0.122 e. The third kappa shape index (κ3) is 2.61. The van der Waals surface area contributed by atoms with Crippen molar-refractivity contribution in [2.45, 2.75) is 19.9 Å². The van der Waals surface area contributed by atoms with E-state index >= 15 is 0 Å². The summed E-state index contributed by atoms with van der Waals surface area (Å²) in [6.07, 6.45) is 0. The lowest BCUT2D eigenvalue weighted by Gasteiger charge is -2.35. The van der Waals surface area contributed by atoms with Gasteiger partial charge in [0.1, 0.15) is 5.75 Å². The molecule has 1 atom stereocenters. The first-order valence-electron chi connectivity index (χ1n) is 6.37. The van der Waals surface area contributed by atoms with Crippen molar-refractivity contribution in [2.75, 3.05) is 26.7 Å². The van der Waals surface area contributed by atoms with Gasteiger partial charge in [0, 0.05) is 25.0 Å². The van der Waals surface area contributed by atoms with Crippen molar-refractivity contribution < 1.29 is 4.74 Å². The molecule has 1 heterocycles. The minimum atomic E-state index is 0.450. The summed E-state index contributed by atoms with van der Waals surface area (Å²) in [5, 5.41) is 6.75. The summed E-state index contributed by atoms with van der Waals surface area (Å²) >= 11 is 0. The van der Waals surface area contributed by atoms with Crippen molar-refractivity contribution >= 4 is 0 Å². The summed E-state index contributed by atoms with van der Waals surface area (Å²) in [7, 11) is 2.04. The third-order valence-corrected chi connectivity index (χ3v) is 3.45. The summed E-state index contributed by atoms with van der Waals surface area (Å²) in [6, 6.07) is 6.96. The zero-order valence-corrected chi connectivity index (χ0v) is 10.9. The molecule has 3 heteroatoms. The Morgan fingerprint density at radius 1 is 1.47 bits per heavy atom. The maximum atomic E-state index is 5.57. The standard InChI is InChI=1S/C14H22N2O/c1-4-17-13-6-5-11(7-10(13)2)14(15-3)12-8-16-9-12/h5-7,12,14-16H,4,8-9H2,1-3H3. The minimum absolute atomic E-state index is 0.450. The highest BCUT2D eigenvalue weighted by Gasteiger charge is 2.27. The van der Waals surface area contributed by atoms with Gasteiger partial charge in [0.05, 0.1) is 6.61 Å². The quantitative estimate of drug-likeness (QED) is 0.816. The van der Waals surface area contributed by atoms with E-state index in [-0.39, 0.29) is 0 Å². The van der Waals surface area contributed by atoms with Crippen molar-refractivity contribution in [3.63, 3.8) is 0 Å². The summed E-state index contributed by atoms with van der Waals surface area (Å²) in [6.45, 7) is 7.07. The Balaban J connectivity index is 2.16. The van der Waals surface area contributed by atoms with Gasteiger partial charge in [0.15, 0.2) is 0 Å². The topological polar surface area (TPSA) is 33.3 Å². The molecular formula is C14H22N2O. The van der Waals surface area contributed by atoms with Gasteiger partial charge in [-0.1, -0.05) is 12.1 Å². The van der Waals surface area contributed by atoms with Crippen LogP contribution in [0.15, 0.2) is 18.2 Å². The van der Waals surface area contributed by atoms with Gasteiger partial charge in [-0.05, 0) is 38.1 Å². The fraction of sp³-hybridized carbons (Fsp3) is 0.571. The molecule has 0 bridgehead atoms. The lowest BCUT2D eigenvalue weighted by Crippen LogP contribution is -2.48. The number of hydrogen-bond donors (Lipinski definition) is 2. The van der Waals surface area contributed by atoms with E-state index in [2.05, 4.69) is 35.8 Å². The molecule has 1 aromatic rings. The van der Waals surface area contributed by atoms with Crippen LogP contribution in [0.3, 0.4) is 0 Å². The average molecular weight is 234 g/mol. The number of aryl methyl sites for hydroxylation is 1. The van der Waals surface area contributed by atoms with Gasteiger partial charge in [-0.2, -0.15) is 0 Å². The van der Waals surface area contributed by atoms with Crippen molar-refractivity contribution in [1.82, 2.24) is 10.6 Å². The monoisotopic (exact) mass is 234 g/mol. The Morgan fingerprint density at radius 2 is 2.24 bits per heavy atom. The van der Waals surface area contributed by atoms with Crippen molar-refractivity contribution in [3.8, 4) is 5.75 Å². The second-order valence-electron chi connectivity index (χ2n) is 4.64. The van der Waals surface area contributed by atoms with Gasteiger partial charge in [0.25, 0.3) is 0 Å². The summed E-state index contributed by atoms with van der Waals surface area (Å²) in [5.74, 6) is 1.70. The van der Waals surface area contributed by atoms with Crippen LogP contribution in [0, 0.1) is 12.8 Å². The minimum Gasteiger partial charge on any atom is -0.494 e. The second-order valence-corrected chi connectivity index (χ2v) is 4.64. The SMILES string of the molecule is CCOc1ccc(C(NC)C2CNC2)cc1C. The Labute approximate surface area is 104 Å². The summed E-state index contributed by atoms with van der Waals surface area (Å²) < 4.78 is 5.57. The van der Waals surface area contributed by atoms with Gasteiger partial charge in [-0.25, -0.2) is 0 Å². The van der Waals surface area contributed by atoms with E-state index in [9.17, 15) is 0 Å². The molecule has 0 aliphatic carbocycles. The molecule has 17 heavy (non-hydrogen) atoms. The normalized spacial score (nSPS) is 17.6. The number of rotatable bonds is 5. The predicted octanol–water partition coefficient (Wildman–Crippen LogP) is 1.87. The first-order chi connectivity index (χ1) is 8.26. The van der Waals surface area contributed by atoms with Crippen LogP contribution in [0.25, 0.3) is 0 Å². The lowest BCUT2D eigenvalue weighted by atomic mass is 9.88. The fourth-order valence-electron chi connectivity index (χ4n) is 2.40. The first kappa shape index (κ1) is 12.4. The van der Waals surface area contributed by atoms with Crippen LogP contribution in [-0.4, -0.2) is 26.7 Å². The van der Waals surface area contributed by atoms with Gasteiger partial charge in [-0.3, -0.25) is 0 Å². The number of benzene rings is 1. The van der Waals surface area contributed by atoms with Crippen LogP contribution in [0.2, 0.25) is 0 Å². The van der Waals surface area contributed by atoms with Crippen molar-refractivity contribution in [1.29, 1.82) is 0 Å². The maximum absolute atomic E-state index is 5.57. The molecule has 0 aromatic heterocycles. The van der Waals surface area contributed by atoms with E-state index in [1.165, 1.54) is 11.1 Å². The lowest BCUT2D eigenvalue weighted by molar-refractivity contribution is 0.267. The average Bonchev–Trinajstić information content (AvgIpc) is 2.26. The number of hydrogen-bond acceptors (Lipinski definition) is 3. The Kier molecular flexibility index (Phi) is 4.02. The summed E-state index contributed by atoms with van der Waals surface area (Å²) in [4.78, 5) is 0. The van der Waals surface area contributed by atoms with Crippen LogP contribution in [0.4, 0.5) is 0 Å². The van der Waals surface area contributed by atoms with Gasteiger partial charge in [-0.15, -0.1) is 0 Å². The molecule has 1 aliphatic heterocycles. The van der Waals surface area contributed by atoms with E-state index in [0.717, 1.165) is 25.4 Å². The molecule has 0 saturated carbocycles. The molecule has 1 saturated heterocycles. The molecular weight excluding hydrogens is 212 g/mol. The molecule has 0 radical (unpaired) electrons. The van der Waals surface area contributed by atoms with Crippen LogP contribution in [0.5, 0.6) is 5.75 Å². The van der Waals surface area contributed by atoms with Gasteiger partial charge in [0.2, 0.25) is 0 Å². The van der Waals surface area contributed by atoms with Gasteiger partial charge >= 0.3 is 0 Å². The smallest absolute Gasteiger partial charge is 0.122 e. The van der Waals surface area contributed by atoms with Crippen molar-refractivity contribution in [2.24, 2.45) is 5.92 Å². The van der Waals surface area contributed by atoms with E-state index in [0.29, 0.717) is 12.0 Å². The van der Waals surface area contributed by atoms with Crippen molar-refractivity contribution in [3.05, 3.63) is 29.3 Å². The first-order valence-corrected chi connectivity index (χ1v) is 6.37. The molecule has 3 nitrogen and oxygen atoms in total. The highest BCUT2D eigenvalue weighted by atomic mass is 16.5. The largest absolute Gasteiger partial charge is 0.494 e. The van der Waals surface area contributed by atoms with E-state index in [1.54, 1.807) is 0 Å². The number of nitrogens with one attached hydrogen (secondary N) is 2. The number of ether oxygens (including phenoxy) is 1. The van der Waals surface area contributed by atoms with E-state index < -0.39 is 0 Å². The predicted molar refractivity (Wildman–Crippen MR) is 70.5 cm³/mol. The Hall–Kier alpha value is -1.06. The third-order valence-electron chi connectivity index (χ3n) is 3.45. The molecule has 0 spiro atoms. The zero-order valence-electron chi connectivity index (χ0n) is 10.9. The molecule has 1 unspecified atom stereocenters. The van der Waals surface area contributed by atoms with Crippen LogP contribution in [0.1, 0.15) is 24.1 Å². The molecule has 2 N–H and O–H groups in total. The zero-order chi connectivity index (χ0) is 12.3. The molecule has 0 amide bonds. The van der Waals surface area contributed by atoms with E-state index in [4.69, 9.17) is 4.74 Å². The Morgan fingerprint density at radius 3 is 2.71 bits per heavy atom. The van der Waals surface area contributed by atoms with Crippen LogP contribution in [-0.2, 0) is 0 Å². The highest BCUT2D eigenvalue weighted by Crippen LogP contribution is 2.28. The van der Waals surface area contributed by atoms with Crippen LogP contribution >= 0.6 is 0 Å². The molecule has 1 aromatic carbocycles. The summed E-state index contributed by atoms with van der Waals surface area (Å²) in [5.41, 5.74) is 2.58. The second kappa shape index (κ2) is 5.52. The van der Waals surface area contributed by atoms with Gasteiger partial charge < -0.3 is 15.4 Å². The molecule has 1 aliphatic rings. The van der Waals surface area contributed by atoms with Crippen LogP contribution < -0.4 is 15.4 Å². The molecule has 2 rings (SSSR count). The Bertz CT molecular complexity index is 374. The molecule has 94 valence electrons. The molecule has 1 fully saturated rings. The fourth-order valence-corrected chi connectivity index (χ4v) is 2.40.